The fraction of sp³-hybridized carbons (Fsp3) is 0.588. The van der Waals surface area contributed by atoms with Gasteiger partial charge in [-0.2, -0.15) is 0 Å². The van der Waals surface area contributed by atoms with E-state index in [4.69, 9.17) is 0 Å². The Labute approximate surface area is 127 Å². The number of fused-ring (bicyclic) bond motifs is 1. The summed E-state index contributed by atoms with van der Waals surface area (Å²) < 4.78 is 2.19. The van der Waals surface area contributed by atoms with Crippen molar-refractivity contribution >= 4 is 11.0 Å². The van der Waals surface area contributed by atoms with Crippen molar-refractivity contribution in [3.8, 4) is 0 Å². The standard InChI is InChI=1S/C17H27N3O/c1-5-20-15-9-7-6-8-14(15)19-16(20)10-17(4,21)12-18-11-13(2)3/h6-9,13,18,21H,5,10-12H2,1-4H3. The fourth-order valence-corrected chi connectivity index (χ4v) is 2.65. The molecule has 2 aromatic rings. The summed E-state index contributed by atoms with van der Waals surface area (Å²) in [6, 6.07) is 8.14. The second-order valence-electron chi connectivity index (χ2n) is 6.46. The number of aromatic nitrogens is 2. The van der Waals surface area contributed by atoms with Gasteiger partial charge >= 0.3 is 0 Å². The smallest absolute Gasteiger partial charge is 0.112 e. The largest absolute Gasteiger partial charge is 0.388 e. The highest BCUT2D eigenvalue weighted by atomic mass is 16.3. The number of imidazole rings is 1. The van der Waals surface area contributed by atoms with Crippen molar-refractivity contribution in [3.63, 3.8) is 0 Å². The van der Waals surface area contributed by atoms with Crippen molar-refractivity contribution in [1.82, 2.24) is 14.9 Å². The van der Waals surface area contributed by atoms with Gasteiger partial charge in [-0.25, -0.2) is 4.98 Å². The van der Waals surface area contributed by atoms with Crippen molar-refractivity contribution < 1.29 is 5.11 Å². The molecule has 0 aliphatic heterocycles. The lowest BCUT2D eigenvalue weighted by atomic mass is 10.0. The molecule has 1 heterocycles. The first-order chi connectivity index (χ1) is 9.93. The van der Waals surface area contributed by atoms with Gasteiger partial charge in [-0.05, 0) is 38.4 Å². The van der Waals surface area contributed by atoms with Crippen molar-refractivity contribution in [2.24, 2.45) is 5.92 Å². The van der Waals surface area contributed by atoms with E-state index in [1.54, 1.807) is 0 Å². The highest BCUT2D eigenvalue weighted by Gasteiger charge is 2.24. The normalized spacial score (nSPS) is 14.8. The molecule has 4 nitrogen and oxygen atoms in total. The molecule has 2 rings (SSSR count). The van der Waals surface area contributed by atoms with E-state index in [2.05, 4.69) is 41.7 Å². The van der Waals surface area contributed by atoms with Crippen molar-refractivity contribution in [2.45, 2.75) is 46.3 Å². The van der Waals surface area contributed by atoms with Gasteiger partial charge in [-0.1, -0.05) is 26.0 Å². The van der Waals surface area contributed by atoms with Crippen LogP contribution in [-0.2, 0) is 13.0 Å². The number of hydrogen-bond donors (Lipinski definition) is 2. The third kappa shape index (κ3) is 4.05. The van der Waals surface area contributed by atoms with E-state index in [9.17, 15) is 5.11 Å². The first kappa shape index (κ1) is 16.0. The quantitative estimate of drug-likeness (QED) is 0.824. The molecule has 1 unspecified atom stereocenters. The molecular formula is C17H27N3O. The number of benzene rings is 1. The third-order valence-corrected chi connectivity index (χ3v) is 3.65. The Morgan fingerprint density at radius 1 is 1.33 bits per heavy atom. The molecule has 0 bridgehead atoms. The Bertz CT molecular complexity index is 587. The van der Waals surface area contributed by atoms with Crippen LogP contribution in [0.1, 0.15) is 33.5 Å². The van der Waals surface area contributed by atoms with Gasteiger partial charge in [0.25, 0.3) is 0 Å². The average Bonchev–Trinajstić information content (AvgIpc) is 2.73. The lowest BCUT2D eigenvalue weighted by Crippen LogP contribution is -2.41. The number of aryl methyl sites for hydroxylation is 1. The molecule has 0 aliphatic rings. The summed E-state index contributed by atoms with van der Waals surface area (Å²) in [7, 11) is 0. The van der Waals surface area contributed by atoms with E-state index in [0.29, 0.717) is 18.9 Å². The molecule has 0 spiro atoms. The van der Waals surface area contributed by atoms with Crippen LogP contribution in [-0.4, -0.2) is 33.3 Å². The molecule has 0 radical (unpaired) electrons. The lowest BCUT2D eigenvalue weighted by molar-refractivity contribution is 0.0568. The number of rotatable bonds is 7. The molecule has 0 fully saturated rings. The zero-order chi connectivity index (χ0) is 15.5. The molecule has 1 aromatic carbocycles. The molecule has 0 saturated carbocycles. The number of hydrogen-bond acceptors (Lipinski definition) is 3. The van der Waals surface area contributed by atoms with E-state index in [0.717, 1.165) is 29.9 Å². The summed E-state index contributed by atoms with van der Waals surface area (Å²) in [5.74, 6) is 1.54. The number of nitrogens with one attached hydrogen (secondary N) is 1. The Kier molecular flexibility index (Phi) is 5.01. The maximum Gasteiger partial charge on any atom is 0.112 e. The van der Waals surface area contributed by atoms with Crippen LogP contribution in [0.2, 0.25) is 0 Å². The van der Waals surface area contributed by atoms with Crippen LogP contribution in [0, 0.1) is 5.92 Å². The van der Waals surface area contributed by atoms with Crippen LogP contribution in [0.4, 0.5) is 0 Å². The van der Waals surface area contributed by atoms with Crippen LogP contribution in [0.5, 0.6) is 0 Å². The zero-order valence-electron chi connectivity index (χ0n) is 13.6. The number of aliphatic hydroxyl groups is 1. The van der Waals surface area contributed by atoms with Gasteiger partial charge in [-0.15, -0.1) is 0 Å². The molecule has 1 atom stereocenters. The fourth-order valence-electron chi connectivity index (χ4n) is 2.65. The number of nitrogens with zero attached hydrogens (tertiary/aromatic N) is 2. The highest BCUT2D eigenvalue weighted by molar-refractivity contribution is 5.75. The molecule has 21 heavy (non-hydrogen) atoms. The van der Waals surface area contributed by atoms with E-state index in [1.165, 1.54) is 0 Å². The molecule has 0 amide bonds. The van der Waals surface area contributed by atoms with Gasteiger partial charge in [0.2, 0.25) is 0 Å². The minimum Gasteiger partial charge on any atom is -0.388 e. The maximum atomic E-state index is 10.6. The zero-order valence-corrected chi connectivity index (χ0v) is 13.6. The van der Waals surface area contributed by atoms with E-state index < -0.39 is 5.60 Å². The summed E-state index contributed by atoms with van der Waals surface area (Å²) in [5, 5.41) is 13.9. The summed E-state index contributed by atoms with van der Waals surface area (Å²) in [5.41, 5.74) is 1.35. The maximum absolute atomic E-state index is 10.6. The molecular weight excluding hydrogens is 262 g/mol. The minimum absolute atomic E-state index is 0.556. The van der Waals surface area contributed by atoms with Crippen molar-refractivity contribution in [1.29, 1.82) is 0 Å². The molecule has 2 N–H and O–H groups in total. The van der Waals surface area contributed by atoms with E-state index in [-0.39, 0.29) is 0 Å². The molecule has 4 heteroatoms. The Balaban J connectivity index is 2.14. The molecule has 1 aromatic heterocycles. The van der Waals surface area contributed by atoms with Crippen molar-refractivity contribution in [3.05, 3.63) is 30.1 Å². The van der Waals surface area contributed by atoms with Gasteiger partial charge in [0.1, 0.15) is 5.82 Å². The molecule has 0 aliphatic carbocycles. The Hall–Kier alpha value is -1.39. The Morgan fingerprint density at radius 2 is 2.05 bits per heavy atom. The minimum atomic E-state index is -0.789. The third-order valence-electron chi connectivity index (χ3n) is 3.65. The van der Waals surface area contributed by atoms with Gasteiger partial charge in [0.15, 0.2) is 0 Å². The van der Waals surface area contributed by atoms with Crippen LogP contribution in [0.3, 0.4) is 0 Å². The summed E-state index contributed by atoms with van der Waals surface area (Å²) in [4.78, 5) is 4.69. The van der Waals surface area contributed by atoms with Crippen LogP contribution < -0.4 is 5.32 Å². The first-order valence-corrected chi connectivity index (χ1v) is 7.80. The summed E-state index contributed by atoms with van der Waals surface area (Å²) in [6.07, 6.45) is 0.556. The van der Waals surface area contributed by atoms with Crippen LogP contribution in [0.25, 0.3) is 11.0 Å². The summed E-state index contributed by atoms with van der Waals surface area (Å²) in [6.45, 7) is 10.7. The van der Waals surface area contributed by atoms with E-state index in [1.807, 2.05) is 25.1 Å². The second-order valence-corrected chi connectivity index (χ2v) is 6.46. The monoisotopic (exact) mass is 289 g/mol. The van der Waals surface area contributed by atoms with Crippen LogP contribution in [0.15, 0.2) is 24.3 Å². The van der Waals surface area contributed by atoms with Gasteiger partial charge in [0.05, 0.1) is 16.6 Å². The summed E-state index contributed by atoms with van der Waals surface area (Å²) >= 11 is 0. The predicted molar refractivity (Wildman–Crippen MR) is 87.4 cm³/mol. The van der Waals surface area contributed by atoms with Crippen LogP contribution >= 0.6 is 0 Å². The van der Waals surface area contributed by atoms with Gasteiger partial charge < -0.3 is 15.0 Å². The van der Waals surface area contributed by atoms with Crippen molar-refractivity contribution in [2.75, 3.05) is 13.1 Å². The SMILES string of the molecule is CCn1c(CC(C)(O)CNCC(C)C)nc2ccccc21. The lowest BCUT2D eigenvalue weighted by Gasteiger charge is -2.24. The molecule has 116 valence electrons. The first-order valence-electron chi connectivity index (χ1n) is 7.80. The van der Waals surface area contributed by atoms with Gasteiger partial charge in [-0.3, -0.25) is 0 Å². The molecule has 0 saturated heterocycles. The predicted octanol–water partition coefficient (Wildman–Crippen LogP) is 2.60. The van der Waals surface area contributed by atoms with E-state index >= 15 is 0 Å². The highest BCUT2D eigenvalue weighted by Crippen LogP contribution is 2.19. The Morgan fingerprint density at radius 3 is 2.71 bits per heavy atom. The topological polar surface area (TPSA) is 50.1 Å². The van der Waals surface area contributed by atoms with Gasteiger partial charge in [0, 0.05) is 19.5 Å². The average molecular weight is 289 g/mol. The number of para-hydroxylation sites is 2. The second kappa shape index (κ2) is 6.58.